The third-order valence-electron chi connectivity index (χ3n) is 1.93. The van der Waals surface area contributed by atoms with Crippen LogP contribution in [0.2, 0.25) is 0 Å². The van der Waals surface area contributed by atoms with Crippen LogP contribution in [0.1, 0.15) is 18.0 Å². The second kappa shape index (κ2) is 4.72. The number of nitrogens with two attached hydrogens (primary N) is 1. The fraction of sp³-hybridized carbons (Fsp3) is 0.333. The molecule has 0 saturated heterocycles. The first-order valence-electron chi connectivity index (χ1n) is 4.11. The number of halogens is 2. The maximum absolute atomic E-state index is 13.0. The van der Waals surface area contributed by atoms with E-state index in [0.29, 0.717) is 10.0 Å². The van der Waals surface area contributed by atoms with Gasteiger partial charge in [0, 0.05) is 22.7 Å². The van der Waals surface area contributed by atoms with Crippen LogP contribution >= 0.6 is 15.9 Å². The number of rotatable bonds is 3. The molecule has 0 bridgehead atoms. The molecule has 1 rings (SSSR count). The Labute approximate surface area is 89.5 Å². The van der Waals surface area contributed by atoms with Gasteiger partial charge in [0.25, 0.3) is 0 Å². The molecule has 0 aliphatic rings. The van der Waals surface area contributed by atoms with E-state index in [0.717, 1.165) is 6.07 Å². The van der Waals surface area contributed by atoms with Crippen LogP contribution in [0.25, 0.3) is 0 Å². The SMILES string of the molecule is N[C@H](CCO)c1c(Br)ccc(F)c1O. The van der Waals surface area contributed by atoms with Crippen LogP contribution in [-0.2, 0) is 0 Å². The van der Waals surface area contributed by atoms with Gasteiger partial charge in [0.1, 0.15) is 0 Å². The highest BCUT2D eigenvalue weighted by Gasteiger charge is 2.17. The van der Waals surface area contributed by atoms with Crippen molar-refractivity contribution in [3.05, 3.63) is 28.0 Å². The van der Waals surface area contributed by atoms with Crippen LogP contribution in [0.3, 0.4) is 0 Å². The minimum atomic E-state index is -0.711. The molecule has 78 valence electrons. The van der Waals surface area contributed by atoms with Gasteiger partial charge in [-0.15, -0.1) is 0 Å². The van der Waals surface area contributed by atoms with Gasteiger partial charge in [-0.1, -0.05) is 15.9 Å². The number of aromatic hydroxyl groups is 1. The molecule has 0 amide bonds. The zero-order valence-corrected chi connectivity index (χ0v) is 8.96. The fourth-order valence-corrected chi connectivity index (χ4v) is 1.81. The molecule has 0 aliphatic heterocycles. The number of hydrogen-bond donors (Lipinski definition) is 3. The Bertz CT molecular complexity index is 333. The maximum atomic E-state index is 13.0. The molecule has 4 N–H and O–H groups in total. The Morgan fingerprint density at radius 2 is 2.14 bits per heavy atom. The smallest absolute Gasteiger partial charge is 0.165 e. The van der Waals surface area contributed by atoms with Gasteiger partial charge in [-0.05, 0) is 18.6 Å². The van der Waals surface area contributed by atoms with E-state index in [4.69, 9.17) is 10.8 Å². The molecule has 3 nitrogen and oxygen atoms in total. The molecule has 0 saturated carbocycles. The quantitative estimate of drug-likeness (QED) is 0.778. The second-order valence-corrected chi connectivity index (χ2v) is 3.76. The molecule has 14 heavy (non-hydrogen) atoms. The predicted octanol–water partition coefficient (Wildman–Crippen LogP) is 1.68. The van der Waals surface area contributed by atoms with Crippen molar-refractivity contribution in [1.29, 1.82) is 0 Å². The summed E-state index contributed by atoms with van der Waals surface area (Å²) in [5.74, 6) is -1.17. The number of benzene rings is 1. The first-order valence-corrected chi connectivity index (χ1v) is 4.90. The predicted molar refractivity (Wildman–Crippen MR) is 54.4 cm³/mol. The van der Waals surface area contributed by atoms with Crippen molar-refractivity contribution in [2.45, 2.75) is 12.5 Å². The van der Waals surface area contributed by atoms with Crippen molar-refractivity contribution in [1.82, 2.24) is 0 Å². The zero-order valence-electron chi connectivity index (χ0n) is 7.37. The van der Waals surface area contributed by atoms with Crippen molar-refractivity contribution in [2.24, 2.45) is 5.73 Å². The lowest BCUT2D eigenvalue weighted by Gasteiger charge is -2.14. The lowest BCUT2D eigenvalue weighted by atomic mass is 10.0. The molecule has 0 heterocycles. The van der Waals surface area contributed by atoms with E-state index < -0.39 is 17.6 Å². The van der Waals surface area contributed by atoms with Gasteiger partial charge in [0.2, 0.25) is 0 Å². The van der Waals surface area contributed by atoms with Crippen LogP contribution in [-0.4, -0.2) is 16.8 Å². The minimum absolute atomic E-state index is 0.108. The summed E-state index contributed by atoms with van der Waals surface area (Å²) in [6.07, 6.45) is 0.273. The third-order valence-corrected chi connectivity index (χ3v) is 2.62. The lowest BCUT2D eigenvalue weighted by Crippen LogP contribution is -2.13. The van der Waals surface area contributed by atoms with E-state index in [2.05, 4.69) is 15.9 Å². The van der Waals surface area contributed by atoms with Crippen molar-refractivity contribution in [3.8, 4) is 5.75 Å². The molecule has 0 aromatic heterocycles. The van der Waals surface area contributed by atoms with E-state index in [-0.39, 0.29) is 13.0 Å². The molecule has 1 aromatic rings. The standard InChI is InChI=1S/C9H11BrFNO2/c10-5-1-2-6(11)9(14)8(5)7(12)3-4-13/h1-2,7,13-14H,3-4,12H2/t7-/m1/s1. The highest BCUT2D eigenvalue weighted by Crippen LogP contribution is 2.33. The van der Waals surface area contributed by atoms with Gasteiger partial charge in [-0.2, -0.15) is 0 Å². The van der Waals surface area contributed by atoms with Gasteiger partial charge in [-0.3, -0.25) is 0 Å². The van der Waals surface area contributed by atoms with Crippen LogP contribution in [0.4, 0.5) is 4.39 Å². The largest absolute Gasteiger partial charge is 0.505 e. The Hall–Kier alpha value is -0.650. The fourth-order valence-electron chi connectivity index (χ4n) is 1.19. The average molecular weight is 264 g/mol. The van der Waals surface area contributed by atoms with E-state index >= 15 is 0 Å². The third kappa shape index (κ3) is 2.23. The van der Waals surface area contributed by atoms with Gasteiger partial charge in [0.15, 0.2) is 11.6 Å². The summed E-state index contributed by atoms with van der Waals surface area (Å²) in [7, 11) is 0. The lowest BCUT2D eigenvalue weighted by molar-refractivity contribution is 0.275. The Morgan fingerprint density at radius 1 is 1.50 bits per heavy atom. The monoisotopic (exact) mass is 263 g/mol. The highest BCUT2D eigenvalue weighted by molar-refractivity contribution is 9.10. The molecule has 0 spiro atoms. The van der Waals surface area contributed by atoms with Gasteiger partial charge in [-0.25, -0.2) is 4.39 Å². The number of phenolic OH excluding ortho intramolecular Hbond substituents is 1. The van der Waals surface area contributed by atoms with Crippen LogP contribution < -0.4 is 5.73 Å². The minimum Gasteiger partial charge on any atom is -0.505 e. The van der Waals surface area contributed by atoms with Crippen molar-refractivity contribution in [2.75, 3.05) is 6.61 Å². The summed E-state index contributed by atoms with van der Waals surface area (Å²) in [5, 5.41) is 18.1. The summed E-state index contributed by atoms with van der Waals surface area (Å²) in [6.45, 7) is -0.108. The van der Waals surface area contributed by atoms with E-state index in [1.165, 1.54) is 6.07 Å². The number of phenols is 1. The van der Waals surface area contributed by atoms with E-state index in [1.807, 2.05) is 0 Å². The average Bonchev–Trinajstić information content (AvgIpc) is 2.13. The van der Waals surface area contributed by atoms with Gasteiger partial charge in [0.05, 0.1) is 0 Å². The first-order chi connectivity index (χ1) is 6.57. The summed E-state index contributed by atoms with van der Waals surface area (Å²) in [5.41, 5.74) is 5.95. The number of hydrogen-bond acceptors (Lipinski definition) is 3. The van der Waals surface area contributed by atoms with E-state index in [1.54, 1.807) is 0 Å². The number of aliphatic hydroxyl groups excluding tert-OH is 1. The molecular formula is C9H11BrFNO2. The first kappa shape index (κ1) is 11.4. The molecule has 0 aliphatic carbocycles. The zero-order chi connectivity index (χ0) is 10.7. The summed E-state index contributed by atoms with van der Waals surface area (Å²) in [4.78, 5) is 0. The van der Waals surface area contributed by atoms with Gasteiger partial charge >= 0.3 is 0 Å². The molecular weight excluding hydrogens is 253 g/mol. The Morgan fingerprint density at radius 3 is 2.71 bits per heavy atom. The highest BCUT2D eigenvalue weighted by atomic mass is 79.9. The maximum Gasteiger partial charge on any atom is 0.165 e. The van der Waals surface area contributed by atoms with Crippen LogP contribution in [0.15, 0.2) is 16.6 Å². The van der Waals surface area contributed by atoms with Crippen LogP contribution in [0.5, 0.6) is 5.75 Å². The molecule has 5 heteroatoms. The Kier molecular flexibility index (Phi) is 3.86. The van der Waals surface area contributed by atoms with Crippen LogP contribution in [0, 0.1) is 5.82 Å². The normalized spacial score (nSPS) is 12.9. The summed E-state index contributed by atoms with van der Waals surface area (Å²) in [6, 6.07) is 2.04. The summed E-state index contributed by atoms with van der Waals surface area (Å²) < 4.78 is 13.5. The molecule has 1 aromatic carbocycles. The number of aliphatic hydroxyl groups is 1. The second-order valence-electron chi connectivity index (χ2n) is 2.91. The Balaban J connectivity index is 3.11. The summed E-state index contributed by atoms with van der Waals surface area (Å²) >= 11 is 3.16. The molecule has 0 unspecified atom stereocenters. The van der Waals surface area contributed by atoms with Crippen molar-refractivity contribution < 1.29 is 14.6 Å². The topological polar surface area (TPSA) is 66.5 Å². The molecule has 1 atom stereocenters. The molecule has 0 fully saturated rings. The molecule has 0 radical (unpaired) electrons. The van der Waals surface area contributed by atoms with Gasteiger partial charge < -0.3 is 15.9 Å². The van der Waals surface area contributed by atoms with Crippen molar-refractivity contribution >= 4 is 15.9 Å². The van der Waals surface area contributed by atoms with E-state index in [9.17, 15) is 9.50 Å². The van der Waals surface area contributed by atoms with Crippen molar-refractivity contribution in [3.63, 3.8) is 0 Å².